The SMILES string of the molecule is COc1ccc(COCCC2CCC2)cc1Br. The van der Waals surface area contributed by atoms with Crippen LogP contribution in [0.4, 0.5) is 0 Å². The Morgan fingerprint density at radius 1 is 1.35 bits per heavy atom. The number of rotatable bonds is 6. The third-order valence-corrected chi connectivity index (χ3v) is 4.00. The van der Waals surface area contributed by atoms with E-state index < -0.39 is 0 Å². The Morgan fingerprint density at radius 3 is 2.76 bits per heavy atom. The molecule has 1 aromatic carbocycles. The van der Waals surface area contributed by atoms with E-state index in [9.17, 15) is 0 Å². The van der Waals surface area contributed by atoms with Gasteiger partial charge in [-0.05, 0) is 46.0 Å². The summed E-state index contributed by atoms with van der Waals surface area (Å²) in [5.74, 6) is 1.79. The van der Waals surface area contributed by atoms with Gasteiger partial charge in [0.05, 0.1) is 18.2 Å². The van der Waals surface area contributed by atoms with Gasteiger partial charge in [0.2, 0.25) is 0 Å². The van der Waals surface area contributed by atoms with E-state index in [0.717, 1.165) is 22.7 Å². The molecule has 94 valence electrons. The first-order valence-corrected chi connectivity index (χ1v) is 6.99. The lowest BCUT2D eigenvalue weighted by Crippen LogP contribution is -2.13. The predicted octanol–water partition coefficient (Wildman–Crippen LogP) is 4.16. The van der Waals surface area contributed by atoms with Crippen molar-refractivity contribution in [2.45, 2.75) is 32.3 Å². The van der Waals surface area contributed by atoms with E-state index in [1.165, 1.54) is 31.2 Å². The fourth-order valence-electron chi connectivity index (χ4n) is 2.02. The molecule has 2 nitrogen and oxygen atoms in total. The third kappa shape index (κ3) is 3.71. The first-order chi connectivity index (χ1) is 8.29. The van der Waals surface area contributed by atoms with Gasteiger partial charge >= 0.3 is 0 Å². The van der Waals surface area contributed by atoms with Crippen LogP contribution in [0.1, 0.15) is 31.2 Å². The molecule has 0 aromatic heterocycles. The van der Waals surface area contributed by atoms with Gasteiger partial charge in [0, 0.05) is 6.61 Å². The minimum atomic E-state index is 0.690. The van der Waals surface area contributed by atoms with E-state index in [4.69, 9.17) is 9.47 Å². The second-order valence-corrected chi connectivity index (χ2v) is 5.46. The maximum absolute atomic E-state index is 5.69. The Balaban J connectivity index is 1.72. The lowest BCUT2D eigenvalue weighted by Gasteiger charge is -2.24. The highest BCUT2D eigenvalue weighted by Gasteiger charge is 2.16. The third-order valence-electron chi connectivity index (χ3n) is 3.38. The van der Waals surface area contributed by atoms with Crippen molar-refractivity contribution in [3.63, 3.8) is 0 Å². The first-order valence-electron chi connectivity index (χ1n) is 6.20. The van der Waals surface area contributed by atoms with Crippen LogP contribution >= 0.6 is 15.9 Å². The predicted molar refractivity (Wildman–Crippen MR) is 72.3 cm³/mol. The summed E-state index contributed by atoms with van der Waals surface area (Å²) in [6.45, 7) is 1.57. The van der Waals surface area contributed by atoms with Crippen molar-refractivity contribution in [3.05, 3.63) is 28.2 Å². The van der Waals surface area contributed by atoms with Crippen LogP contribution in [0.2, 0.25) is 0 Å². The van der Waals surface area contributed by atoms with Gasteiger partial charge in [0.1, 0.15) is 5.75 Å². The number of benzene rings is 1. The number of halogens is 1. The van der Waals surface area contributed by atoms with Crippen LogP contribution in [0.3, 0.4) is 0 Å². The van der Waals surface area contributed by atoms with Crippen LogP contribution in [-0.2, 0) is 11.3 Å². The molecule has 0 bridgehead atoms. The first kappa shape index (κ1) is 12.9. The highest BCUT2D eigenvalue weighted by Crippen LogP contribution is 2.29. The largest absolute Gasteiger partial charge is 0.496 e. The van der Waals surface area contributed by atoms with Gasteiger partial charge in [-0.3, -0.25) is 0 Å². The van der Waals surface area contributed by atoms with Gasteiger partial charge in [0.15, 0.2) is 0 Å². The molecule has 0 spiro atoms. The number of hydrogen-bond donors (Lipinski definition) is 0. The molecule has 1 aromatic rings. The maximum atomic E-state index is 5.69. The second kappa shape index (κ2) is 6.41. The Kier molecular flexibility index (Phi) is 4.86. The van der Waals surface area contributed by atoms with Gasteiger partial charge in [0.25, 0.3) is 0 Å². The molecule has 2 rings (SSSR count). The normalized spacial score (nSPS) is 15.6. The molecule has 0 atom stereocenters. The minimum Gasteiger partial charge on any atom is -0.496 e. The second-order valence-electron chi connectivity index (χ2n) is 4.61. The summed E-state index contributed by atoms with van der Waals surface area (Å²) in [7, 11) is 1.68. The van der Waals surface area contributed by atoms with Crippen LogP contribution in [0.15, 0.2) is 22.7 Å². The van der Waals surface area contributed by atoms with Crippen LogP contribution in [-0.4, -0.2) is 13.7 Å². The molecule has 1 fully saturated rings. The summed E-state index contributed by atoms with van der Waals surface area (Å²) >= 11 is 3.48. The van der Waals surface area contributed by atoms with E-state index in [1.54, 1.807) is 7.11 Å². The molecule has 0 N–H and O–H groups in total. The topological polar surface area (TPSA) is 18.5 Å². The molecule has 0 amide bonds. The summed E-state index contributed by atoms with van der Waals surface area (Å²) in [4.78, 5) is 0. The van der Waals surface area contributed by atoms with E-state index in [0.29, 0.717) is 6.61 Å². The highest BCUT2D eigenvalue weighted by atomic mass is 79.9. The fraction of sp³-hybridized carbons (Fsp3) is 0.571. The number of methoxy groups -OCH3 is 1. The monoisotopic (exact) mass is 298 g/mol. The highest BCUT2D eigenvalue weighted by molar-refractivity contribution is 9.10. The molecular weight excluding hydrogens is 280 g/mol. The van der Waals surface area contributed by atoms with E-state index >= 15 is 0 Å². The Hall–Kier alpha value is -0.540. The van der Waals surface area contributed by atoms with Crippen LogP contribution < -0.4 is 4.74 Å². The summed E-state index contributed by atoms with van der Waals surface area (Å²) < 4.78 is 11.9. The summed E-state index contributed by atoms with van der Waals surface area (Å²) in [6.07, 6.45) is 5.43. The molecule has 0 unspecified atom stereocenters. The van der Waals surface area contributed by atoms with Crippen molar-refractivity contribution >= 4 is 15.9 Å². The van der Waals surface area contributed by atoms with Crippen molar-refractivity contribution in [1.29, 1.82) is 0 Å². The van der Waals surface area contributed by atoms with Crippen molar-refractivity contribution < 1.29 is 9.47 Å². The Morgan fingerprint density at radius 2 is 2.18 bits per heavy atom. The van der Waals surface area contributed by atoms with Crippen LogP contribution in [0.5, 0.6) is 5.75 Å². The quantitative estimate of drug-likeness (QED) is 0.734. The fourth-order valence-corrected chi connectivity index (χ4v) is 2.61. The minimum absolute atomic E-state index is 0.690. The zero-order valence-corrected chi connectivity index (χ0v) is 11.8. The Labute approximate surface area is 111 Å². The lowest BCUT2D eigenvalue weighted by atomic mass is 9.83. The van der Waals surface area contributed by atoms with Crippen molar-refractivity contribution in [3.8, 4) is 5.75 Å². The summed E-state index contributed by atoms with van der Waals surface area (Å²) in [5, 5.41) is 0. The van der Waals surface area contributed by atoms with Gasteiger partial charge < -0.3 is 9.47 Å². The summed E-state index contributed by atoms with van der Waals surface area (Å²) in [6, 6.07) is 6.07. The average molecular weight is 299 g/mol. The van der Waals surface area contributed by atoms with Gasteiger partial charge in [-0.15, -0.1) is 0 Å². The standard InChI is InChI=1S/C14H19BrO2/c1-16-14-6-5-12(9-13(14)15)10-17-8-7-11-3-2-4-11/h5-6,9,11H,2-4,7-8,10H2,1H3. The molecule has 1 aliphatic carbocycles. The molecule has 1 saturated carbocycles. The zero-order chi connectivity index (χ0) is 12.1. The molecule has 3 heteroatoms. The Bertz CT molecular complexity index is 361. The molecule has 1 aliphatic rings. The molecule has 0 saturated heterocycles. The molecule has 0 radical (unpaired) electrons. The molecule has 0 aliphatic heterocycles. The molecule has 17 heavy (non-hydrogen) atoms. The van der Waals surface area contributed by atoms with Crippen LogP contribution in [0.25, 0.3) is 0 Å². The molecular formula is C14H19BrO2. The number of ether oxygens (including phenoxy) is 2. The lowest BCUT2D eigenvalue weighted by molar-refractivity contribution is 0.0949. The molecule has 0 heterocycles. The average Bonchev–Trinajstić information content (AvgIpc) is 2.26. The zero-order valence-electron chi connectivity index (χ0n) is 10.2. The van der Waals surface area contributed by atoms with Gasteiger partial charge in [-0.25, -0.2) is 0 Å². The number of hydrogen-bond acceptors (Lipinski definition) is 2. The maximum Gasteiger partial charge on any atom is 0.133 e. The summed E-state index contributed by atoms with van der Waals surface area (Å²) in [5.41, 5.74) is 1.19. The van der Waals surface area contributed by atoms with E-state index in [2.05, 4.69) is 22.0 Å². The van der Waals surface area contributed by atoms with Crippen LogP contribution in [0, 0.1) is 5.92 Å². The van der Waals surface area contributed by atoms with Gasteiger partial charge in [-0.1, -0.05) is 25.3 Å². The van der Waals surface area contributed by atoms with Crippen molar-refractivity contribution in [2.75, 3.05) is 13.7 Å². The van der Waals surface area contributed by atoms with E-state index in [-0.39, 0.29) is 0 Å². The van der Waals surface area contributed by atoms with Crippen molar-refractivity contribution in [1.82, 2.24) is 0 Å². The van der Waals surface area contributed by atoms with Crippen molar-refractivity contribution in [2.24, 2.45) is 5.92 Å². The smallest absolute Gasteiger partial charge is 0.133 e. The van der Waals surface area contributed by atoms with Gasteiger partial charge in [-0.2, -0.15) is 0 Å². The van der Waals surface area contributed by atoms with E-state index in [1.807, 2.05) is 12.1 Å².